The second-order valence-corrected chi connectivity index (χ2v) is 4.72. The molecule has 0 saturated carbocycles. The molecule has 1 aliphatic heterocycles. The Morgan fingerprint density at radius 3 is 2.80 bits per heavy atom. The second kappa shape index (κ2) is 4.64. The van der Waals surface area contributed by atoms with Crippen molar-refractivity contribution in [2.45, 2.75) is 45.1 Å². The van der Waals surface area contributed by atoms with E-state index in [2.05, 4.69) is 10.1 Å². The molecule has 0 aromatic carbocycles. The van der Waals surface area contributed by atoms with Crippen molar-refractivity contribution in [2.24, 2.45) is 5.92 Å². The molecule has 4 nitrogen and oxygen atoms in total. The van der Waals surface area contributed by atoms with Crippen LogP contribution in [0.5, 0.6) is 0 Å². The van der Waals surface area contributed by atoms with Crippen molar-refractivity contribution < 1.29 is 14.3 Å². The minimum atomic E-state index is -0.243. The molecular weight excluding hydrogens is 194 g/mol. The third kappa shape index (κ3) is 3.53. The van der Waals surface area contributed by atoms with Gasteiger partial charge in [0.25, 0.3) is 0 Å². The Morgan fingerprint density at radius 1 is 1.60 bits per heavy atom. The van der Waals surface area contributed by atoms with E-state index in [4.69, 9.17) is 0 Å². The highest BCUT2D eigenvalue weighted by Crippen LogP contribution is 2.25. The van der Waals surface area contributed by atoms with Crippen molar-refractivity contribution in [2.75, 3.05) is 7.11 Å². The first-order valence-corrected chi connectivity index (χ1v) is 5.33. The monoisotopic (exact) mass is 213 g/mol. The fourth-order valence-corrected chi connectivity index (χ4v) is 1.83. The fraction of sp³-hybridized carbons (Fsp3) is 0.818. The summed E-state index contributed by atoms with van der Waals surface area (Å²) in [5.41, 5.74) is -0.0984. The van der Waals surface area contributed by atoms with Gasteiger partial charge in [-0.1, -0.05) is 0 Å². The molecule has 1 saturated heterocycles. The molecule has 1 aliphatic rings. The van der Waals surface area contributed by atoms with E-state index < -0.39 is 0 Å². The molecule has 15 heavy (non-hydrogen) atoms. The fourth-order valence-electron chi connectivity index (χ4n) is 1.83. The summed E-state index contributed by atoms with van der Waals surface area (Å²) < 4.78 is 4.55. The van der Waals surface area contributed by atoms with Crippen LogP contribution in [0.3, 0.4) is 0 Å². The Balaban J connectivity index is 2.39. The number of hydrogen-bond donors (Lipinski definition) is 1. The highest BCUT2D eigenvalue weighted by molar-refractivity contribution is 5.81. The number of methoxy groups -OCH3 is 1. The molecular formula is C11H19NO3. The van der Waals surface area contributed by atoms with Crippen LogP contribution in [0.25, 0.3) is 0 Å². The van der Waals surface area contributed by atoms with Crippen molar-refractivity contribution in [3.63, 3.8) is 0 Å². The largest absolute Gasteiger partial charge is 0.469 e. The summed E-state index contributed by atoms with van der Waals surface area (Å²) in [6.07, 6.45) is 2.74. The molecule has 1 N–H and O–H groups in total. The zero-order valence-electron chi connectivity index (χ0n) is 9.63. The standard InChI is InChI=1S/C11H19NO3/c1-11(2)7-6-8(10(14)12-11)4-5-9(13)15-3/h8H,4-7H2,1-3H3,(H,12,14). The number of carbonyl (C=O) groups excluding carboxylic acids is 2. The molecule has 0 bridgehead atoms. The van der Waals surface area contributed by atoms with E-state index in [9.17, 15) is 9.59 Å². The first kappa shape index (κ1) is 12.0. The molecule has 86 valence electrons. The lowest BCUT2D eigenvalue weighted by Crippen LogP contribution is -2.50. The summed E-state index contributed by atoms with van der Waals surface area (Å²) >= 11 is 0. The van der Waals surface area contributed by atoms with Gasteiger partial charge < -0.3 is 10.1 Å². The van der Waals surface area contributed by atoms with Crippen LogP contribution >= 0.6 is 0 Å². The predicted molar refractivity (Wildman–Crippen MR) is 56.2 cm³/mol. The number of nitrogens with one attached hydrogen (secondary N) is 1. The Bertz CT molecular complexity index is 261. The van der Waals surface area contributed by atoms with E-state index >= 15 is 0 Å². The van der Waals surface area contributed by atoms with Gasteiger partial charge in [-0.3, -0.25) is 9.59 Å². The second-order valence-electron chi connectivity index (χ2n) is 4.72. The van der Waals surface area contributed by atoms with Crippen LogP contribution in [0.2, 0.25) is 0 Å². The van der Waals surface area contributed by atoms with Gasteiger partial charge in [0.2, 0.25) is 5.91 Å². The van der Waals surface area contributed by atoms with E-state index in [-0.39, 0.29) is 23.3 Å². The summed E-state index contributed by atoms with van der Waals surface area (Å²) in [7, 11) is 1.37. The van der Waals surface area contributed by atoms with Crippen LogP contribution in [0.1, 0.15) is 39.5 Å². The Kier molecular flexibility index (Phi) is 3.72. The average Bonchev–Trinajstić information content (AvgIpc) is 2.15. The summed E-state index contributed by atoms with van der Waals surface area (Å²) in [6.45, 7) is 4.03. The summed E-state index contributed by atoms with van der Waals surface area (Å²) in [4.78, 5) is 22.6. The molecule has 1 atom stereocenters. The Hall–Kier alpha value is -1.06. The van der Waals surface area contributed by atoms with Crippen LogP contribution < -0.4 is 5.32 Å². The SMILES string of the molecule is COC(=O)CCC1CCC(C)(C)NC1=O. The number of rotatable bonds is 3. The first-order valence-electron chi connectivity index (χ1n) is 5.33. The molecule has 1 rings (SSSR count). The van der Waals surface area contributed by atoms with Crippen LogP contribution in [0, 0.1) is 5.92 Å². The molecule has 1 fully saturated rings. The van der Waals surface area contributed by atoms with Crippen LogP contribution in [0.4, 0.5) is 0 Å². The van der Waals surface area contributed by atoms with Gasteiger partial charge in [0.1, 0.15) is 0 Å². The van der Waals surface area contributed by atoms with Gasteiger partial charge in [-0.15, -0.1) is 0 Å². The molecule has 0 aromatic heterocycles. The predicted octanol–water partition coefficient (Wildman–Crippen LogP) is 1.24. The zero-order valence-corrected chi connectivity index (χ0v) is 9.63. The van der Waals surface area contributed by atoms with Crippen molar-refractivity contribution in [3.05, 3.63) is 0 Å². The van der Waals surface area contributed by atoms with E-state index in [1.807, 2.05) is 13.8 Å². The minimum absolute atomic E-state index is 0.0304. The van der Waals surface area contributed by atoms with Gasteiger partial charge >= 0.3 is 5.97 Å². The van der Waals surface area contributed by atoms with Gasteiger partial charge in [-0.25, -0.2) is 0 Å². The number of piperidine rings is 1. The van der Waals surface area contributed by atoms with Crippen molar-refractivity contribution in [1.29, 1.82) is 0 Å². The summed E-state index contributed by atoms with van der Waals surface area (Å²) in [5, 5.41) is 2.96. The highest BCUT2D eigenvalue weighted by Gasteiger charge is 2.32. The number of hydrogen-bond acceptors (Lipinski definition) is 3. The zero-order chi connectivity index (χ0) is 11.5. The van der Waals surface area contributed by atoms with E-state index in [1.54, 1.807) is 0 Å². The quantitative estimate of drug-likeness (QED) is 0.718. The maximum Gasteiger partial charge on any atom is 0.305 e. The van der Waals surface area contributed by atoms with Crippen molar-refractivity contribution >= 4 is 11.9 Å². The van der Waals surface area contributed by atoms with E-state index in [0.717, 1.165) is 12.8 Å². The molecule has 1 amide bonds. The first-order chi connectivity index (χ1) is 6.94. The topological polar surface area (TPSA) is 55.4 Å². The lowest BCUT2D eigenvalue weighted by atomic mass is 9.84. The van der Waals surface area contributed by atoms with Gasteiger partial charge in [0, 0.05) is 17.9 Å². The maximum absolute atomic E-state index is 11.6. The maximum atomic E-state index is 11.6. The normalized spacial score (nSPS) is 24.5. The molecule has 0 spiro atoms. The number of carbonyl (C=O) groups is 2. The molecule has 0 radical (unpaired) electrons. The molecule has 4 heteroatoms. The summed E-state index contributed by atoms with van der Waals surface area (Å²) in [6, 6.07) is 0. The molecule has 1 unspecified atom stereocenters. The number of ether oxygens (including phenoxy) is 1. The number of esters is 1. The van der Waals surface area contributed by atoms with Crippen LogP contribution in [0.15, 0.2) is 0 Å². The smallest absolute Gasteiger partial charge is 0.305 e. The molecule has 0 aromatic rings. The van der Waals surface area contributed by atoms with Crippen molar-refractivity contribution in [3.8, 4) is 0 Å². The van der Waals surface area contributed by atoms with Gasteiger partial charge in [0.05, 0.1) is 7.11 Å². The van der Waals surface area contributed by atoms with Gasteiger partial charge in [-0.05, 0) is 33.1 Å². The molecule has 0 aliphatic carbocycles. The summed E-state index contributed by atoms with van der Waals surface area (Å²) in [5.74, 6) is -0.208. The van der Waals surface area contributed by atoms with E-state index in [1.165, 1.54) is 7.11 Å². The third-order valence-electron chi connectivity index (χ3n) is 2.87. The molecule has 1 heterocycles. The Labute approximate surface area is 90.4 Å². The van der Waals surface area contributed by atoms with Crippen LogP contribution in [-0.2, 0) is 14.3 Å². The lowest BCUT2D eigenvalue weighted by molar-refractivity contribution is -0.141. The van der Waals surface area contributed by atoms with E-state index in [0.29, 0.717) is 12.8 Å². The van der Waals surface area contributed by atoms with Gasteiger partial charge in [-0.2, -0.15) is 0 Å². The number of amides is 1. The van der Waals surface area contributed by atoms with Gasteiger partial charge in [0.15, 0.2) is 0 Å². The minimum Gasteiger partial charge on any atom is -0.469 e. The Morgan fingerprint density at radius 2 is 2.27 bits per heavy atom. The average molecular weight is 213 g/mol. The van der Waals surface area contributed by atoms with Crippen LogP contribution in [-0.4, -0.2) is 24.5 Å². The highest BCUT2D eigenvalue weighted by atomic mass is 16.5. The third-order valence-corrected chi connectivity index (χ3v) is 2.87. The van der Waals surface area contributed by atoms with Crippen molar-refractivity contribution in [1.82, 2.24) is 5.32 Å². The lowest BCUT2D eigenvalue weighted by Gasteiger charge is -2.35.